The normalized spacial score (nSPS) is 16.9. The predicted molar refractivity (Wildman–Crippen MR) is 103 cm³/mol. The minimum Gasteiger partial charge on any atom is -0.392 e. The summed E-state index contributed by atoms with van der Waals surface area (Å²) in [6.45, 7) is 17.8. The quantitative estimate of drug-likeness (QED) is 0.819. The van der Waals surface area contributed by atoms with Crippen molar-refractivity contribution in [3.8, 4) is 0 Å². The summed E-state index contributed by atoms with van der Waals surface area (Å²) < 4.78 is 2.32. The van der Waals surface area contributed by atoms with Crippen LogP contribution in [0.2, 0.25) is 0 Å². The molecule has 1 N–H and O–H groups in total. The van der Waals surface area contributed by atoms with Gasteiger partial charge in [0.1, 0.15) is 24.8 Å². The maximum atomic E-state index is 9.88. The summed E-state index contributed by atoms with van der Waals surface area (Å²) in [5.74, 6) is 0.995. The maximum absolute atomic E-state index is 9.88. The van der Waals surface area contributed by atoms with Gasteiger partial charge in [-0.25, -0.2) is 4.90 Å². The van der Waals surface area contributed by atoms with Gasteiger partial charge in [0.15, 0.2) is 0 Å². The highest BCUT2D eigenvalue weighted by molar-refractivity contribution is 5.81. The first-order chi connectivity index (χ1) is 11.2. The average molecular weight is 332 g/mol. The zero-order chi connectivity index (χ0) is 18.1. The van der Waals surface area contributed by atoms with Crippen molar-refractivity contribution in [1.29, 1.82) is 0 Å². The molecule has 0 unspecified atom stereocenters. The largest absolute Gasteiger partial charge is 0.392 e. The number of nitrogens with zero attached hydrogens (tertiary/aromatic N) is 2. The van der Waals surface area contributed by atoms with E-state index < -0.39 is 0 Å². The van der Waals surface area contributed by atoms with E-state index in [2.05, 4.69) is 82.5 Å². The van der Waals surface area contributed by atoms with Gasteiger partial charge in [-0.15, -0.1) is 0 Å². The Hall–Kier alpha value is -1.35. The molecule has 1 aromatic rings. The lowest BCUT2D eigenvalue weighted by Crippen LogP contribution is -2.40. The predicted octanol–water partition coefficient (Wildman–Crippen LogP) is 4.20. The number of rotatable bonds is 5. The third kappa shape index (κ3) is 3.83. The lowest BCUT2D eigenvalue weighted by atomic mass is 9.87. The van der Waals surface area contributed by atoms with Crippen LogP contribution in [-0.4, -0.2) is 41.8 Å². The van der Waals surface area contributed by atoms with E-state index in [4.69, 9.17) is 0 Å². The lowest BCUT2D eigenvalue weighted by Gasteiger charge is -2.27. The van der Waals surface area contributed by atoms with E-state index in [-0.39, 0.29) is 18.1 Å². The fourth-order valence-corrected chi connectivity index (χ4v) is 3.64. The summed E-state index contributed by atoms with van der Waals surface area (Å²) in [5.41, 5.74) is 4.25. The van der Waals surface area contributed by atoms with Gasteiger partial charge in [0, 0.05) is 16.5 Å². The van der Waals surface area contributed by atoms with Crippen LogP contribution in [0.5, 0.6) is 0 Å². The Kier molecular flexibility index (Phi) is 5.74. The summed E-state index contributed by atoms with van der Waals surface area (Å²) in [6, 6.07) is 6.86. The molecule has 0 fully saturated rings. The highest BCUT2D eigenvalue weighted by Crippen LogP contribution is 2.35. The summed E-state index contributed by atoms with van der Waals surface area (Å²) in [6.07, 6.45) is 2.24. The van der Waals surface area contributed by atoms with E-state index in [1.54, 1.807) is 0 Å². The van der Waals surface area contributed by atoms with Crippen molar-refractivity contribution in [2.24, 2.45) is 5.41 Å². The van der Waals surface area contributed by atoms with Gasteiger partial charge in [0.25, 0.3) is 0 Å². The van der Waals surface area contributed by atoms with Gasteiger partial charge in [-0.05, 0) is 11.8 Å². The summed E-state index contributed by atoms with van der Waals surface area (Å²) in [5, 5.41) is 9.88. The number of aliphatic hydroxyl groups excluding tert-OH is 1. The van der Waals surface area contributed by atoms with Crippen LogP contribution in [-0.2, 0) is 0 Å². The van der Waals surface area contributed by atoms with Gasteiger partial charge >= 0.3 is 0 Å². The van der Waals surface area contributed by atoms with Gasteiger partial charge < -0.3 is 5.11 Å². The second-order valence-electron chi connectivity index (χ2n) is 8.71. The molecule has 0 amide bonds. The topological polar surface area (TPSA) is 26.5 Å². The Bertz CT molecular complexity index is 570. The molecule has 0 radical (unpaired) electrons. The van der Waals surface area contributed by atoms with Crippen molar-refractivity contribution in [2.75, 3.05) is 24.6 Å². The maximum Gasteiger partial charge on any atom is 0.239 e. The second kappa shape index (κ2) is 7.26. The molecule has 0 aliphatic carbocycles. The molecule has 0 aromatic heterocycles. The molecule has 1 atom stereocenters. The monoisotopic (exact) mass is 331 g/mol. The number of aliphatic hydroxyl groups is 1. The molecule has 1 heterocycles. The molecule has 2 rings (SSSR count). The fraction of sp³-hybridized carbons (Fsp3) is 0.667. The van der Waals surface area contributed by atoms with Crippen molar-refractivity contribution in [1.82, 2.24) is 0 Å². The molecule has 1 aromatic carbocycles. The lowest BCUT2D eigenvalue weighted by molar-refractivity contribution is -0.572. The van der Waals surface area contributed by atoms with Gasteiger partial charge in [-0.2, -0.15) is 0 Å². The molecule has 1 aliphatic heterocycles. The van der Waals surface area contributed by atoms with Crippen molar-refractivity contribution in [3.05, 3.63) is 29.3 Å². The first-order valence-corrected chi connectivity index (χ1v) is 9.27. The van der Waals surface area contributed by atoms with Crippen LogP contribution in [0.25, 0.3) is 0 Å². The number of anilines is 1. The molecular formula is C21H35N2O+. The molecule has 3 nitrogen and oxygen atoms in total. The van der Waals surface area contributed by atoms with E-state index in [0.29, 0.717) is 11.8 Å². The third-order valence-corrected chi connectivity index (χ3v) is 5.09. The fourth-order valence-electron chi connectivity index (χ4n) is 3.64. The van der Waals surface area contributed by atoms with Crippen molar-refractivity contribution >= 4 is 12.0 Å². The summed E-state index contributed by atoms with van der Waals surface area (Å²) in [7, 11) is 0. The Morgan fingerprint density at radius 1 is 1.08 bits per heavy atom. The van der Waals surface area contributed by atoms with E-state index in [0.717, 1.165) is 13.1 Å². The number of para-hydroxylation sites is 1. The molecule has 0 saturated carbocycles. The smallest absolute Gasteiger partial charge is 0.239 e. The van der Waals surface area contributed by atoms with Gasteiger partial charge in [-0.3, -0.25) is 4.58 Å². The van der Waals surface area contributed by atoms with Crippen LogP contribution in [0.15, 0.2) is 18.2 Å². The number of benzene rings is 1. The van der Waals surface area contributed by atoms with Crippen molar-refractivity contribution in [2.45, 2.75) is 66.3 Å². The van der Waals surface area contributed by atoms with Crippen LogP contribution in [0, 0.1) is 5.41 Å². The average Bonchev–Trinajstić information content (AvgIpc) is 2.94. The van der Waals surface area contributed by atoms with Crippen LogP contribution in [0.3, 0.4) is 0 Å². The standard InChI is InChI=1S/C21H35N2O/c1-15(2)17-9-8-10-18(16(3)4)20(17)23-12-11-22(14-23)19(13-24)21(5,6)7/h8-10,14-16,19,24H,11-13H2,1-7H3/q+1/t19-/m1/s1. The molecule has 134 valence electrons. The van der Waals surface area contributed by atoms with Crippen LogP contribution < -0.4 is 4.90 Å². The Labute approximate surface area is 148 Å². The molecule has 24 heavy (non-hydrogen) atoms. The highest BCUT2D eigenvalue weighted by Gasteiger charge is 2.36. The van der Waals surface area contributed by atoms with Crippen LogP contribution in [0.4, 0.5) is 5.69 Å². The van der Waals surface area contributed by atoms with Crippen LogP contribution in [0.1, 0.15) is 71.4 Å². The number of hydrogen-bond donors (Lipinski definition) is 1. The number of hydrogen-bond acceptors (Lipinski definition) is 2. The first kappa shape index (κ1) is 19.0. The molecule has 1 aliphatic rings. The van der Waals surface area contributed by atoms with Gasteiger partial charge in [-0.1, -0.05) is 66.7 Å². The first-order valence-electron chi connectivity index (χ1n) is 9.27. The molecular weight excluding hydrogens is 296 g/mol. The van der Waals surface area contributed by atoms with Gasteiger partial charge in [0.2, 0.25) is 6.34 Å². The second-order valence-corrected chi connectivity index (χ2v) is 8.71. The van der Waals surface area contributed by atoms with E-state index >= 15 is 0 Å². The SMILES string of the molecule is CC(C)c1cccc(C(C)C)c1N1C=[N+]([C@H](CO)C(C)(C)C)CC1. The molecule has 0 bridgehead atoms. The zero-order valence-corrected chi connectivity index (χ0v) is 16.5. The summed E-state index contributed by atoms with van der Waals surface area (Å²) >= 11 is 0. The minimum absolute atomic E-state index is 0.0553. The van der Waals surface area contributed by atoms with Crippen molar-refractivity contribution < 1.29 is 9.68 Å². The molecule has 0 spiro atoms. The van der Waals surface area contributed by atoms with E-state index in [1.165, 1.54) is 16.8 Å². The summed E-state index contributed by atoms with van der Waals surface area (Å²) in [4.78, 5) is 2.40. The Balaban J connectivity index is 2.46. The minimum atomic E-state index is 0.0553. The Morgan fingerprint density at radius 2 is 1.62 bits per heavy atom. The third-order valence-electron chi connectivity index (χ3n) is 5.09. The van der Waals surface area contributed by atoms with Crippen LogP contribution >= 0.6 is 0 Å². The van der Waals surface area contributed by atoms with E-state index in [1.807, 2.05) is 0 Å². The van der Waals surface area contributed by atoms with E-state index in [9.17, 15) is 5.11 Å². The Morgan fingerprint density at radius 3 is 2.04 bits per heavy atom. The zero-order valence-electron chi connectivity index (χ0n) is 16.5. The highest BCUT2D eigenvalue weighted by atomic mass is 16.3. The molecule has 0 saturated heterocycles. The molecule has 3 heteroatoms. The van der Waals surface area contributed by atoms with Crippen molar-refractivity contribution in [3.63, 3.8) is 0 Å². The van der Waals surface area contributed by atoms with Gasteiger partial charge in [0.05, 0.1) is 6.61 Å².